The molecule has 22 nitrogen and oxygen atoms in total. The quantitative estimate of drug-likeness (QED) is 0.0260. The van der Waals surface area contributed by atoms with Crippen molar-refractivity contribution in [1.29, 1.82) is 0 Å². The van der Waals surface area contributed by atoms with E-state index in [0.29, 0.717) is 22.3 Å². The lowest BCUT2D eigenvalue weighted by Crippen LogP contribution is -2.61. The van der Waals surface area contributed by atoms with Crippen molar-refractivity contribution in [3.8, 4) is 0 Å². The molecule has 6 aromatic rings. The van der Waals surface area contributed by atoms with Gasteiger partial charge in [-0.25, -0.2) is 4.79 Å². The van der Waals surface area contributed by atoms with Crippen molar-refractivity contribution in [2.75, 3.05) is 0 Å². The Morgan fingerprint density at radius 2 is 0.725 bits per heavy atom. The molecule has 0 saturated heterocycles. The number of H-pyrrole nitrogens is 1. The molecule has 0 aliphatic heterocycles. The first-order chi connectivity index (χ1) is 43.4. The van der Waals surface area contributed by atoms with E-state index in [4.69, 9.17) is 5.73 Å². The number of carboxylic acids is 2. The molecule has 0 spiro atoms. The minimum atomic E-state index is -1.55. The molecule has 0 saturated carbocycles. The van der Waals surface area contributed by atoms with Crippen LogP contribution in [0.3, 0.4) is 0 Å². The van der Waals surface area contributed by atoms with Gasteiger partial charge in [0.05, 0.1) is 6.04 Å². The highest BCUT2D eigenvalue weighted by Crippen LogP contribution is 2.21. The molecule has 22 heteroatoms. The van der Waals surface area contributed by atoms with Gasteiger partial charge in [0.2, 0.25) is 47.3 Å². The van der Waals surface area contributed by atoms with Gasteiger partial charge in [-0.3, -0.25) is 43.2 Å². The fraction of sp³-hybridized carbons (Fsp3) is 0.391. The van der Waals surface area contributed by atoms with E-state index < -0.39 is 132 Å². The summed E-state index contributed by atoms with van der Waals surface area (Å²) in [6.45, 7) is 10.6. The number of aromatic nitrogens is 1. The van der Waals surface area contributed by atoms with Crippen LogP contribution in [0.5, 0.6) is 0 Å². The normalized spacial score (nSPS) is 14.3. The predicted molar refractivity (Wildman–Crippen MR) is 344 cm³/mol. The average molecular weight is 1250 g/mol. The van der Waals surface area contributed by atoms with Crippen molar-refractivity contribution in [1.82, 2.24) is 47.5 Å². The molecule has 91 heavy (non-hydrogen) atoms. The van der Waals surface area contributed by atoms with E-state index in [-0.39, 0.29) is 56.8 Å². The number of benzene rings is 5. The second-order valence-corrected chi connectivity index (χ2v) is 24.1. The van der Waals surface area contributed by atoms with Crippen LogP contribution < -0.4 is 48.3 Å². The monoisotopic (exact) mass is 1250 g/mol. The average Bonchev–Trinajstić information content (AvgIpc) is 2.21. The molecule has 0 aliphatic carbocycles. The maximum absolute atomic E-state index is 15.2. The summed E-state index contributed by atoms with van der Waals surface area (Å²) in [4.78, 5) is 143. The SMILES string of the molecule is CC(C)C[C@H](NC(=O)[C@H](Cc1ccccc1)NC(=O)[C@H](CC(C)C)NC(=O)[C@@H](N)Cc1ccccc1)C(=O)N[C@@H](Cc1c[nH]c2ccccc12)C(=O)N[C@@H](Cc1ccccc1)C(=O)N[C@@H](Cc1ccccc1)C(=O)N[C@@H](CCC(=O)O)C(=O)N[C@H](C(=O)O)C(C)C. The number of hydrogen-bond donors (Lipinski definition) is 12. The summed E-state index contributed by atoms with van der Waals surface area (Å²) in [5.41, 5.74) is 10.4. The van der Waals surface area contributed by atoms with Gasteiger partial charge in [-0.2, -0.15) is 0 Å². The van der Waals surface area contributed by atoms with Gasteiger partial charge >= 0.3 is 11.9 Å². The van der Waals surface area contributed by atoms with Crippen molar-refractivity contribution in [3.63, 3.8) is 0 Å². The lowest BCUT2D eigenvalue weighted by Gasteiger charge is -2.29. The minimum absolute atomic E-state index is 0.0131. The number of nitrogens with two attached hydrogens (primary N) is 1. The number of carbonyl (C=O) groups excluding carboxylic acids is 8. The lowest BCUT2D eigenvalue weighted by atomic mass is 9.98. The number of amides is 8. The van der Waals surface area contributed by atoms with Crippen LogP contribution in [-0.2, 0) is 80.0 Å². The first-order valence-electron chi connectivity index (χ1n) is 30.8. The van der Waals surface area contributed by atoms with Gasteiger partial charge in [0.25, 0.3) is 0 Å². The van der Waals surface area contributed by atoms with Crippen LogP contribution in [0.1, 0.15) is 95.0 Å². The highest BCUT2D eigenvalue weighted by Gasteiger charge is 2.37. The van der Waals surface area contributed by atoms with Gasteiger partial charge < -0.3 is 63.5 Å². The summed E-state index contributed by atoms with van der Waals surface area (Å²) in [5.74, 6) is -9.77. The summed E-state index contributed by atoms with van der Waals surface area (Å²) in [6.07, 6.45) is 0.737. The summed E-state index contributed by atoms with van der Waals surface area (Å²) < 4.78 is 0. The molecule has 0 unspecified atom stereocenters. The molecule has 13 N–H and O–H groups in total. The molecule has 0 fully saturated rings. The van der Waals surface area contributed by atoms with Crippen molar-refractivity contribution in [2.24, 2.45) is 23.5 Å². The second kappa shape index (κ2) is 34.9. The zero-order chi connectivity index (χ0) is 66.1. The van der Waals surface area contributed by atoms with E-state index in [1.54, 1.807) is 111 Å². The van der Waals surface area contributed by atoms with Crippen molar-refractivity contribution in [3.05, 3.63) is 180 Å². The molecule has 1 heterocycles. The Morgan fingerprint density at radius 1 is 0.396 bits per heavy atom. The molecule has 0 bridgehead atoms. The summed E-state index contributed by atoms with van der Waals surface area (Å²) in [7, 11) is 0. The van der Waals surface area contributed by atoms with E-state index in [0.717, 1.165) is 16.5 Å². The molecule has 9 atom stereocenters. The van der Waals surface area contributed by atoms with E-state index in [1.165, 1.54) is 0 Å². The first kappa shape index (κ1) is 70.4. The fourth-order valence-electron chi connectivity index (χ4n) is 10.5. The molecule has 0 aliphatic rings. The van der Waals surface area contributed by atoms with Gasteiger partial charge in [0, 0.05) is 49.2 Å². The van der Waals surface area contributed by atoms with E-state index >= 15 is 9.59 Å². The lowest BCUT2D eigenvalue weighted by molar-refractivity contribution is -0.144. The minimum Gasteiger partial charge on any atom is -0.481 e. The maximum atomic E-state index is 15.2. The molecule has 6 rings (SSSR count). The second-order valence-electron chi connectivity index (χ2n) is 24.1. The van der Waals surface area contributed by atoms with Crippen LogP contribution in [0.4, 0.5) is 0 Å². The number of aromatic amines is 1. The largest absolute Gasteiger partial charge is 0.481 e. The Hall–Kier alpha value is -9.70. The smallest absolute Gasteiger partial charge is 0.326 e. The van der Waals surface area contributed by atoms with Gasteiger partial charge in [-0.1, -0.05) is 181 Å². The third kappa shape index (κ3) is 22.7. The van der Waals surface area contributed by atoms with Crippen molar-refractivity contribution < 1.29 is 58.2 Å². The third-order valence-corrected chi connectivity index (χ3v) is 15.3. The number of hydrogen-bond acceptors (Lipinski definition) is 11. The Kier molecular flexibility index (Phi) is 27.0. The Labute approximate surface area is 530 Å². The van der Waals surface area contributed by atoms with Crippen LogP contribution >= 0.6 is 0 Å². The molecule has 484 valence electrons. The van der Waals surface area contributed by atoms with Crippen LogP contribution in [0.2, 0.25) is 0 Å². The summed E-state index contributed by atoms with van der Waals surface area (Å²) in [6, 6.07) is 30.8. The van der Waals surface area contributed by atoms with Crippen LogP contribution in [0, 0.1) is 17.8 Å². The molecule has 8 amide bonds. The van der Waals surface area contributed by atoms with E-state index in [9.17, 15) is 48.6 Å². The van der Waals surface area contributed by atoms with Crippen molar-refractivity contribution in [2.45, 2.75) is 154 Å². The first-order valence-corrected chi connectivity index (χ1v) is 30.8. The topological polar surface area (TPSA) is 349 Å². The third-order valence-electron chi connectivity index (χ3n) is 15.3. The maximum Gasteiger partial charge on any atom is 0.326 e. The molecule has 1 aromatic heterocycles. The van der Waals surface area contributed by atoms with Crippen LogP contribution in [-0.4, -0.2) is 129 Å². The Balaban J connectivity index is 1.30. The summed E-state index contributed by atoms with van der Waals surface area (Å²) >= 11 is 0. The molecular weight excluding hydrogens is 1160 g/mol. The van der Waals surface area contributed by atoms with Crippen molar-refractivity contribution >= 4 is 70.1 Å². The Morgan fingerprint density at radius 3 is 1.11 bits per heavy atom. The van der Waals surface area contributed by atoms with Gasteiger partial charge in [0.1, 0.15) is 48.3 Å². The van der Waals surface area contributed by atoms with Crippen LogP contribution in [0.25, 0.3) is 10.9 Å². The number of fused-ring (bicyclic) bond motifs is 1. The standard InChI is InChI=1S/C69H86N10O12/c1-41(2)33-53(73-61(82)50(70)35-44-21-11-7-12-22-44)63(84)75-56(37-46-25-15-9-16-26-46)66(87)74-54(34-42(3)4)64(85)78-58(39-48-40-71-51-30-20-19-29-49(48)51)68(89)77-57(38-47-27-17-10-18-28-47)67(88)76-55(36-45-23-13-8-14-24-45)65(86)72-52(31-32-59(80)81)62(83)79-60(43(5)6)69(90)91/h7-30,40-43,50,52-58,60,71H,31-39,70H2,1-6H3,(H,72,86)(H,73,82)(H,74,87)(H,75,84)(H,76,88)(H,77,89)(H,78,85)(H,79,83)(H,80,81)(H,90,91)/t50-,52-,53-,54-,55-,56-,57-,58-,60-/m0/s1. The van der Waals surface area contributed by atoms with Gasteiger partial charge in [-0.15, -0.1) is 0 Å². The number of aliphatic carboxylic acids is 2. The van der Waals surface area contributed by atoms with Crippen LogP contribution in [0.15, 0.2) is 152 Å². The number of carbonyl (C=O) groups is 10. The summed E-state index contributed by atoms with van der Waals surface area (Å²) in [5, 5.41) is 42.2. The highest BCUT2D eigenvalue weighted by molar-refractivity contribution is 5.99. The number of para-hydroxylation sites is 1. The van der Waals surface area contributed by atoms with Gasteiger partial charge in [-0.05, 0) is 77.3 Å². The zero-order valence-electron chi connectivity index (χ0n) is 52.3. The van der Waals surface area contributed by atoms with E-state index in [1.807, 2.05) is 82.3 Å². The number of nitrogens with one attached hydrogen (secondary N) is 9. The number of carboxylic acid groups (broad SMARTS) is 2. The fourth-order valence-corrected chi connectivity index (χ4v) is 10.5. The highest BCUT2D eigenvalue weighted by atomic mass is 16.4. The predicted octanol–water partition coefficient (Wildman–Crippen LogP) is 4.58. The molecule has 5 aromatic carbocycles. The van der Waals surface area contributed by atoms with E-state index in [2.05, 4.69) is 47.5 Å². The molecule has 0 radical (unpaired) electrons. The molecular formula is C69H86N10O12. The Bertz CT molecular complexity index is 3400. The van der Waals surface area contributed by atoms with Gasteiger partial charge in [0.15, 0.2) is 0 Å². The number of rotatable bonds is 35. The zero-order valence-corrected chi connectivity index (χ0v) is 52.3.